The standard InChI is InChI=1S/C13H16BrN3O/c1-8(2)12(7-18)17-10-3-4-15-11-5-9(14)6-16-13(10)11/h3-6,8,12,18H,7H2,1-2H3,(H,15,17)/t12-/m1/s1. The van der Waals surface area contributed by atoms with Gasteiger partial charge in [0.2, 0.25) is 0 Å². The van der Waals surface area contributed by atoms with Gasteiger partial charge in [-0.05, 0) is 34.0 Å². The predicted molar refractivity (Wildman–Crippen MR) is 76.6 cm³/mol. The van der Waals surface area contributed by atoms with Crippen LogP contribution in [0, 0.1) is 5.92 Å². The molecule has 0 aliphatic heterocycles. The number of fused-ring (bicyclic) bond motifs is 1. The molecule has 2 N–H and O–H groups in total. The van der Waals surface area contributed by atoms with Gasteiger partial charge in [0.25, 0.3) is 0 Å². The van der Waals surface area contributed by atoms with Crippen LogP contribution in [-0.4, -0.2) is 27.7 Å². The van der Waals surface area contributed by atoms with Gasteiger partial charge in [-0.1, -0.05) is 13.8 Å². The van der Waals surface area contributed by atoms with Gasteiger partial charge in [0.15, 0.2) is 0 Å². The SMILES string of the molecule is CC(C)[C@@H](CO)Nc1ccnc2cc(Br)cnc12. The van der Waals surface area contributed by atoms with Crippen LogP contribution in [0.5, 0.6) is 0 Å². The summed E-state index contributed by atoms with van der Waals surface area (Å²) in [5.74, 6) is 0.341. The van der Waals surface area contributed by atoms with Gasteiger partial charge in [-0.3, -0.25) is 9.97 Å². The second-order valence-corrected chi connectivity index (χ2v) is 5.47. The Morgan fingerprint density at radius 1 is 1.39 bits per heavy atom. The van der Waals surface area contributed by atoms with Crippen molar-refractivity contribution in [2.24, 2.45) is 5.92 Å². The van der Waals surface area contributed by atoms with Crippen molar-refractivity contribution in [3.63, 3.8) is 0 Å². The maximum Gasteiger partial charge on any atom is 0.112 e. The van der Waals surface area contributed by atoms with Gasteiger partial charge >= 0.3 is 0 Å². The van der Waals surface area contributed by atoms with Crippen molar-refractivity contribution < 1.29 is 5.11 Å². The van der Waals surface area contributed by atoms with E-state index in [1.54, 1.807) is 12.4 Å². The van der Waals surface area contributed by atoms with Gasteiger partial charge in [-0.15, -0.1) is 0 Å². The largest absolute Gasteiger partial charge is 0.394 e. The van der Waals surface area contributed by atoms with Gasteiger partial charge in [0.05, 0.1) is 23.9 Å². The van der Waals surface area contributed by atoms with Crippen molar-refractivity contribution in [1.82, 2.24) is 9.97 Å². The van der Waals surface area contributed by atoms with Crippen LogP contribution >= 0.6 is 15.9 Å². The zero-order chi connectivity index (χ0) is 13.1. The molecular weight excluding hydrogens is 294 g/mol. The smallest absolute Gasteiger partial charge is 0.112 e. The van der Waals surface area contributed by atoms with Crippen LogP contribution in [0.1, 0.15) is 13.8 Å². The molecule has 96 valence electrons. The van der Waals surface area contributed by atoms with Gasteiger partial charge < -0.3 is 10.4 Å². The van der Waals surface area contributed by atoms with Crippen molar-refractivity contribution in [3.05, 3.63) is 29.0 Å². The van der Waals surface area contributed by atoms with Gasteiger partial charge in [0.1, 0.15) is 5.52 Å². The van der Waals surface area contributed by atoms with Gasteiger partial charge in [-0.2, -0.15) is 0 Å². The van der Waals surface area contributed by atoms with E-state index in [2.05, 4.69) is 45.1 Å². The molecule has 2 rings (SSSR count). The molecule has 2 aromatic heterocycles. The summed E-state index contributed by atoms with van der Waals surface area (Å²) in [6.07, 6.45) is 3.49. The summed E-state index contributed by atoms with van der Waals surface area (Å²) in [6, 6.07) is 3.83. The number of aliphatic hydroxyl groups excluding tert-OH is 1. The van der Waals surface area contributed by atoms with E-state index in [9.17, 15) is 5.11 Å². The average Bonchev–Trinajstić information content (AvgIpc) is 2.35. The van der Waals surface area contributed by atoms with Crippen LogP contribution in [0.25, 0.3) is 11.0 Å². The maximum absolute atomic E-state index is 9.37. The molecule has 0 aliphatic carbocycles. The van der Waals surface area contributed by atoms with E-state index in [-0.39, 0.29) is 12.6 Å². The van der Waals surface area contributed by atoms with Crippen molar-refractivity contribution in [2.75, 3.05) is 11.9 Å². The fourth-order valence-corrected chi connectivity index (χ4v) is 2.06. The molecule has 2 aromatic rings. The number of hydrogen-bond acceptors (Lipinski definition) is 4. The van der Waals surface area contributed by atoms with E-state index in [4.69, 9.17) is 0 Å². The summed E-state index contributed by atoms with van der Waals surface area (Å²) < 4.78 is 0.905. The molecule has 0 saturated carbocycles. The molecule has 0 saturated heterocycles. The minimum Gasteiger partial charge on any atom is -0.394 e. The third-order valence-electron chi connectivity index (χ3n) is 2.89. The Labute approximate surface area is 115 Å². The van der Waals surface area contributed by atoms with E-state index in [1.165, 1.54) is 0 Å². The fraction of sp³-hybridized carbons (Fsp3) is 0.385. The maximum atomic E-state index is 9.37. The third kappa shape index (κ3) is 2.79. The topological polar surface area (TPSA) is 58.0 Å². The van der Waals surface area contributed by atoms with Crippen LogP contribution in [0.4, 0.5) is 5.69 Å². The Bertz CT molecular complexity index is 545. The van der Waals surface area contributed by atoms with E-state index in [0.29, 0.717) is 5.92 Å². The van der Waals surface area contributed by atoms with Crippen molar-refractivity contribution in [2.45, 2.75) is 19.9 Å². The van der Waals surface area contributed by atoms with Crippen LogP contribution in [0.2, 0.25) is 0 Å². The molecule has 0 aliphatic rings. The molecule has 0 aromatic carbocycles. The van der Waals surface area contributed by atoms with Crippen LogP contribution in [-0.2, 0) is 0 Å². The Morgan fingerprint density at radius 2 is 2.17 bits per heavy atom. The predicted octanol–water partition coefficient (Wildman–Crippen LogP) is 2.82. The lowest BCUT2D eigenvalue weighted by molar-refractivity contribution is 0.249. The lowest BCUT2D eigenvalue weighted by atomic mass is 10.1. The minimum atomic E-state index is 0.0149. The lowest BCUT2D eigenvalue weighted by Crippen LogP contribution is -2.29. The number of pyridine rings is 2. The van der Waals surface area contributed by atoms with Crippen molar-refractivity contribution in [1.29, 1.82) is 0 Å². The molecule has 4 nitrogen and oxygen atoms in total. The molecular formula is C13H16BrN3O. The summed E-state index contributed by atoms with van der Waals surface area (Å²) in [5.41, 5.74) is 2.55. The molecule has 5 heteroatoms. The highest BCUT2D eigenvalue weighted by Gasteiger charge is 2.13. The average molecular weight is 310 g/mol. The van der Waals surface area contributed by atoms with Crippen LogP contribution < -0.4 is 5.32 Å². The number of aliphatic hydroxyl groups is 1. The summed E-state index contributed by atoms with van der Waals surface area (Å²) in [7, 11) is 0. The Kier molecular flexibility index (Phi) is 4.14. The quantitative estimate of drug-likeness (QED) is 0.912. The first-order valence-electron chi connectivity index (χ1n) is 5.89. The fourth-order valence-electron chi connectivity index (χ4n) is 1.74. The summed E-state index contributed by atoms with van der Waals surface area (Å²) in [4.78, 5) is 8.66. The van der Waals surface area contributed by atoms with Crippen molar-refractivity contribution >= 4 is 32.7 Å². The van der Waals surface area contributed by atoms with E-state index in [0.717, 1.165) is 21.2 Å². The zero-order valence-corrected chi connectivity index (χ0v) is 12.0. The number of rotatable bonds is 4. The first kappa shape index (κ1) is 13.2. The lowest BCUT2D eigenvalue weighted by Gasteiger charge is -2.21. The summed E-state index contributed by atoms with van der Waals surface area (Å²) in [5, 5.41) is 12.7. The van der Waals surface area contributed by atoms with E-state index >= 15 is 0 Å². The van der Waals surface area contributed by atoms with Gasteiger partial charge in [-0.25, -0.2) is 0 Å². The molecule has 0 unspecified atom stereocenters. The monoisotopic (exact) mass is 309 g/mol. The first-order chi connectivity index (χ1) is 8.61. The second-order valence-electron chi connectivity index (χ2n) is 4.56. The number of halogens is 1. The molecule has 2 heterocycles. The molecule has 18 heavy (non-hydrogen) atoms. The van der Waals surface area contributed by atoms with Crippen LogP contribution in [0.15, 0.2) is 29.0 Å². The van der Waals surface area contributed by atoms with Crippen LogP contribution in [0.3, 0.4) is 0 Å². The molecule has 0 amide bonds. The number of nitrogens with zero attached hydrogens (tertiary/aromatic N) is 2. The zero-order valence-electron chi connectivity index (χ0n) is 10.4. The third-order valence-corrected chi connectivity index (χ3v) is 3.32. The number of hydrogen-bond donors (Lipinski definition) is 2. The van der Waals surface area contributed by atoms with Gasteiger partial charge in [0, 0.05) is 16.9 Å². The first-order valence-corrected chi connectivity index (χ1v) is 6.68. The molecule has 1 atom stereocenters. The number of aromatic nitrogens is 2. The minimum absolute atomic E-state index is 0.0149. The Balaban J connectivity index is 2.39. The molecule has 0 spiro atoms. The normalized spacial score (nSPS) is 12.9. The summed E-state index contributed by atoms with van der Waals surface area (Å²) >= 11 is 3.38. The van der Waals surface area contributed by atoms with E-state index < -0.39 is 0 Å². The highest BCUT2D eigenvalue weighted by Crippen LogP contribution is 2.23. The second kappa shape index (κ2) is 5.63. The van der Waals surface area contributed by atoms with Crippen molar-refractivity contribution in [3.8, 4) is 0 Å². The summed E-state index contributed by atoms with van der Waals surface area (Å²) in [6.45, 7) is 4.24. The number of nitrogens with one attached hydrogen (secondary N) is 1. The highest BCUT2D eigenvalue weighted by molar-refractivity contribution is 9.10. The number of anilines is 1. The molecule has 0 fully saturated rings. The Morgan fingerprint density at radius 3 is 2.83 bits per heavy atom. The Hall–Kier alpha value is -1.20. The molecule has 0 bridgehead atoms. The van der Waals surface area contributed by atoms with E-state index in [1.807, 2.05) is 12.1 Å². The highest BCUT2D eigenvalue weighted by atomic mass is 79.9. The molecule has 0 radical (unpaired) electrons.